The second-order valence-corrected chi connectivity index (χ2v) is 12.4. The van der Waals surface area contributed by atoms with E-state index in [1.807, 2.05) is 35.2 Å². The number of carbonyl (C=O) groups excluding carboxylic acids is 2. The van der Waals surface area contributed by atoms with Gasteiger partial charge in [0.25, 0.3) is 10.1 Å². The number of rotatable bonds is 9. The number of carbonyl (C=O) groups is 2. The number of Topliss-reactive ketones (excluding diaryl/α,β-unsaturated/α-hetero) is 1. The molecule has 11 heteroatoms. The molecule has 5 rings (SSSR count). The summed E-state index contributed by atoms with van der Waals surface area (Å²) >= 11 is 0. The molecule has 1 saturated heterocycles. The van der Waals surface area contributed by atoms with Crippen molar-refractivity contribution >= 4 is 39.9 Å². The molecule has 226 valence electrons. The molecule has 1 amide bonds. The van der Waals surface area contributed by atoms with Crippen molar-refractivity contribution in [2.45, 2.75) is 57.9 Å². The van der Waals surface area contributed by atoms with Crippen LogP contribution in [0.4, 0.5) is 5.69 Å². The van der Waals surface area contributed by atoms with Gasteiger partial charge in [0.1, 0.15) is 6.61 Å². The third-order valence-electron chi connectivity index (χ3n) is 7.97. The van der Waals surface area contributed by atoms with Gasteiger partial charge in [-0.25, -0.2) is 0 Å². The standard InChI is InChI=1S/C29H36N2O4.CH4O3S.ClH/c1-20(19-35-27-6-4-3-5-26(27)34-2)30-14-11-21(12-15-30)7-9-25(32)24-17-22-8-10-28(33)31-16-13-23(18-24)29(22)31;1-5(2,3)4;/h3-6,17-18,20-21H,7-16,19H2,1-2H3;1H3,(H,2,3,4);1H. The number of amides is 1. The molecule has 41 heavy (non-hydrogen) atoms. The van der Waals surface area contributed by atoms with Crippen LogP contribution in [-0.2, 0) is 27.8 Å². The van der Waals surface area contributed by atoms with E-state index in [0.717, 1.165) is 74.5 Å². The van der Waals surface area contributed by atoms with Gasteiger partial charge in [0.15, 0.2) is 17.3 Å². The van der Waals surface area contributed by atoms with Crippen LogP contribution in [0.1, 0.15) is 60.5 Å². The lowest BCUT2D eigenvalue weighted by Gasteiger charge is -2.36. The summed E-state index contributed by atoms with van der Waals surface area (Å²) in [5.74, 6) is 2.62. The number of benzene rings is 2. The van der Waals surface area contributed by atoms with Crippen molar-refractivity contribution < 1.29 is 32.0 Å². The Kier molecular flexibility index (Phi) is 11.6. The normalized spacial score (nSPS) is 17.6. The second-order valence-electron chi connectivity index (χ2n) is 10.9. The number of likely N-dealkylation sites (tertiary alicyclic amines) is 1. The van der Waals surface area contributed by atoms with Crippen molar-refractivity contribution in [2.75, 3.05) is 44.5 Å². The van der Waals surface area contributed by atoms with Gasteiger partial charge in [0.05, 0.1) is 19.1 Å². The molecule has 0 saturated carbocycles. The average molecular weight is 609 g/mol. The van der Waals surface area contributed by atoms with Crippen LogP contribution in [0.2, 0.25) is 0 Å². The van der Waals surface area contributed by atoms with Gasteiger partial charge in [-0.3, -0.25) is 19.0 Å². The number of hydrogen-bond donors (Lipinski definition) is 1. The molecule has 2 aromatic carbocycles. The SMILES string of the molecule is COc1ccccc1OCC(C)N1CCC(CCC(=O)c2cc3c4c(c2)CCN4C(=O)CC3)CC1.CS(=O)(=O)O.Cl. The fourth-order valence-electron chi connectivity index (χ4n) is 5.83. The second kappa shape index (κ2) is 14.5. The van der Waals surface area contributed by atoms with Gasteiger partial charge in [0.2, 0.25) is 5.91 Å². The van der Waals surface area contributed by atoms with Crippen LogP contribution in [0.3, 0.4) is 0 Å². The Morgan fingerprint density at radius 3 is 2.29 bits per heavy atom. The first-order valence-electron chi connectivity index (χ1n) is 13.9. The molecule has 0 bridgehead atoms. The van der Waals surface area contributed by atoms with Gasteiger partial charge >= 0.3 is 0 Å². The Hall–Kier alpha value is -2.66. The van der Waals surface area contributed by atoms with Crippen LogP contribution in [0, 0.1) is 5.92 Å². The van der Waals surface area contributed by atoms with E-state index in [1.54, 1.807) is 7.11 Å². The number of piperidine rings is 1. The monoisotopic (exact) mass is 608 g/mol. The Balaban J connectivity index is 0.000000711. The van der Waals surface area contributed by atoms with E-state index < -0.39 is 10.1 Å². The van der Waals surface area contributed by atoms with Crippen molar-refractivity contribution in [3.05, 3.63) is 53.1 Å². The largest absolute Gasteiger partial charge is 0.493 e. The highest BCUT2D eigenvalue weighted by molar-refractivity contribution is 7.85. The molecule has 0 aliphatic carbocycles. The van der Waals surface area contributed by atoms with Crippen LogP contribution in [0.25, 0.3) is 0 Å². The highest BCUT2D eigenvalue weighted by atomic mass is 35.5. The molecule has 0 aromatic heterocycles. The zero-order chi connectivity index (χ0) is 28.9. The summed E-state index contributed by atoms with van der Waals surface area (Å²) in [5, 5.41) is 0. The van der Waals surface area contributed by atoms with E-state index in [1.165, 1.54) is 11.1 Å². The molecule has 9 nitrogen and oxygen atoms in total. The van der Waals surface area contributed by atoms with Gasteiger partial charge in [-0.2, -0.15) is 8.42 Å². The smallest absolute Gasteiger partial charge is 0.261 e. The van der Waals surface area contributed by atoms with Gasteiger partial charge < -0.3 is 14.4 Å². The van der Waals surface area contributed by atoms with Crippen molar-refractivity contribution in [2.24, 2.45) is 5.92 Å². The number of para-hydroxylation sites is 2. The highest BCUT2D eigenvalue weighted by Gasteiger charge is 2.32. The summed E-state index contributed by atoms with van der Waals surface area (Å²) < 4.78 is 37.3. The Bertz CT molecular complexity index is 1320. The first-order valence-corrected chi connectivity index (χ1v) is 15.8. The number of hydrogen-bond acceptors (Lipinski definition) is 7. The van der Waals surface area contributed by atoms with E-state index in [9.17, 15) is 18.0 Å². The summed E-state index contributed by atoms with van der Waals surface area (Å²) in [6, 6.07) is 12.2. The molecule has 1 fully saturated rings. The molecule has 3 aliphatic heterocycles. The topological polar surface area (TPSA) is 113 Å². The lowest BCUT2D eigenvalue weighted by Crippen LogP contribution is -2.42. The minimum absolute atomic E-state index is 0. The van der Waals surface area contributed by atoms with E-state index in [-0.39, 0.29) is 24.1 Å². The maximum atomic E-state index is 13.0. The predicted molar refractivity (Wildman–Crippen MR) is 161 cm³/mol. The maximum Gasteiger partial charge on any atom is 0.261 e. The molecule has 1 unspecified atom stereocenters. The third kappa shape index (κ3) is 8.91. The van der Waals surface area contributed by atoms with Gasteiger partial charge in [-0.15, -0.1) is 12.4 Å². The van der Waals surface area contributed by atoms with Crippen LogP contribution in [-0.4, -0.2) is 75.2 Å². The summed E-state index contributed by atoms with van der Waals surface area (Å²) in [6.45, 7) is 5.70. The number of methoxy groups -OCH3 is 1. The molecular weight excluding hydrogens is 568 g/mol. The zero-order valence-corrected chi connectivity index (χ0v) is 25.6. The molecule has 0 spiro atoms. The average Bonchev–Trinajstić information content (AvgIpc) is 3.37. The van der Waals surface area contributed by atoms with E-state index >= 15 is 0 Å². The van der Waals surface area contributed by atoms with Crippen LogP contribution < -0.4 is 14.4 Å². The predicted octanol–water partition coefficient (Wildman–Crippen LogP) is 4.60. The summed E-state index contributed by atoms with van der Waals surface area (Å²) in [4.78, 5) is 29.6. The summed E-state index contributed by atoms with van der Waals surface area (Å²) in [7, 11) is -2.00. The molecule has 3 heterocycles. The fraction of sp³-hybridized carbons (Fsp3) is 0.533. The van der Waals surface area contributed by atoms with E-state index in [0.29, 0.717) is 37.7 Å². The Morgan fingerprint density at radius 1 is 1.05 bits per heavy atom. The molecular formula is C30H41ClN2O7S. The Labute approximate surface area is 249 Å². The molecule has 3 aliphatic rings. The maximum absolute atomic E-state index is 13.0. The number of ether oxygens (including phenoxy) is 2. The zero-order valence-electron chi connectivity index (χ0n) is 24.0. The lowest BCUT2D eigenvalue weighted by molar-refractivity contribution is -0.118. The number of nitrogens with zero attached hydrogens (tertiary/aromatic N) is 2. The molecule has 2 aromatic rings. The van der Waals surface area contributed by atoms with Crippen LogP contribution in [0.5, 0.6) is 11.5 Å². The number of anilines is 1. The molecule has 1 atom stereocenters. The van der Waals surface area contributed by atoms with E-state index in [4.69, 9.17) is 14.0 Å². The van der Waals surface area contributed by atoms with Gasteiger partial charge in [-0.05, 0) is 93.4 Å². The van der Waals surface area contributed by atoms with Crippen molar-refractivity contribution in [3.8, 4) is 11.5 Å². The summed E-state index contributed by atoms with van der Waals surface area (Å²) in [5.41, 5.74) is 4.29. The minimum atomic E-state index is -3.67. The first kappa shape index (κ1) is 32.8. The van der Waals surface area contributed by atoms with E-state index in [2.05, 4.69) is 17.9 Å². The van der Waals surface area contributed by atoms with Crippen molar-refractivity contribution in [1.29, 1.82) is 0 Å². The van der Waals surface area contributed by atoms with Crippen LogP contribution >= 0.6 is 12.4 Å². The van der Waals surface area contributed by atoms with Gasteiger partial charge in [-0.1, -0.05) is 12.1 Å². The Morgan fingerprint density at radius 2 is 1.66 bits per heavy atom. The number of aryl methyl sites for hydroxylation is 1. The fourth-order valence-corrected chi connectivity index (χ4v) is 5.83. The number of ketones is 1. The third-order valence-corrected chi connectivity index (χ3v) is 7.97. The first-order chi connectivity index (χ1) is 19.0. The molecule has 0 radical (unpaired) electrons. The lowest BCUT2D eigenvalue weighted by atomic mass is 9.88. The van der Waals surface area contributed by atoms with Gasteiger partial charge in [0, 0.05) is 31.0 Å². The minimum Gasteiger partial charge on any atom is -0.493 e. The quantitative estimate of drug-likeness (QED) is 0.325. The van der Waals surface area contributed by atoms with Crippen LogP contribution in [0.15, 0.2) is 36.4 Å². The highest BCUT2D eigenvalue weighted by Crippen LogP contribution is 2.38. The van der Waals surface area contributed by atoms with Crippen molar-refractivity contribution in [3.63, 3.8) is 0 Å². The molecule has 1 N–H and O–H groups in total. The number of halogens is 1. The summed E-state index contributed by atoms with van der Waals surface area (Å²) in [6.07, 6.45) is 6.71. The van der Waals surface area contributed by atoms with Crippen molar-refractivity contribution in [1.82, 2.24) is 4.90 Å².